The van der Waals surface area contributed by atoms with Crippen molar-refractivity contribution in [1.82, 2.24) is 4.98 Å². The van der Waals surface area contributed by atoms with Crippen molar-refractivity contribution in [3.8, 4) is 0 Å². The van der Waals surface area contributed by atoms with E-state index in [1.807, 2.05) is 24.3 Å². The van der Waals surface area contributed by atoms with Gasteiger partial charge < -0.3 is 15.4 Å². The Kier molecular flexibility index (Phi) is 6.13. The Labute approximate surface area is 154 Å². The molecule has 2 N–H and O–H groups in total. The maximum atomic E-state index is 12.1. The van der Waals surface area contributed by atoms with Crippen LogP contribution in [0.15, 0.2) is 30.3 Å². The van der Waals surface area contributed by atoms with Crippen LogP contribution in [0, 0.1) is 17.4 Å². The van der Waals surface area contributed by atoms with Crippen LogP contribution in [0.3, 0.4) is 0 Å². The molecule has 2 aromatic rings. The summed E-state index contributed by atoms with van der Waals surface area (Å²) in [4.78, 5) is 28.4. The van der Waals surface area contributed by atoms with E-state index in [2.05, 4.69) is 38.2 Å². The number of carbonyl (C=O) groups excluding carboxylic acids is 2. The zero-order chi connectivity index (χ0) is 17.7. The largest absolute Gasteiger partial charge is 0.462 e. The average Bonchev–Trinajstić information content (AvgIpc) is 2.52. The lowest BCUT2D eigenvalue weighted by Gasteiger charge is -2.12. The Bertz CT molecular complexity index is 760. The summed E-state index contributed by atoms with van der Waals surface area (Å²) in [7, 11) is 0. The van der Waals surface area contributed by atoms with Crippen LogP contribution in [0.1, 0.15) is 28.7 Å². The molecule has 2 amide bonds. The number of nitrogens with one attached hydrogen (secondary N) is 2. The quantitative estimate of drug-likeness (QED) is 0.555. The summed E-state index contributed by atoms with van der Waals surface area (Å²) < 4.78 is 6.09. The number of anilines is 2. The van der Waals surface area contributed by atoms with Gasteiger partial charge in [-0.3, -0.25) is 4.98 Å². The van der Waals surface area contributed by atoms with E-state index >= 15 is 0 Å². The number of hydrogen-bond donors (Lipinski definition) is 2. The smallest absolute Gasteiger partial charge is 0.340 e. The van der Waals surface area contributed by atoms with Gasteiger partial charge in [0.1, 0.15) is 0 Å². The number of urea groups is 1. The molecule has 0 aliphatic rings. The molecule has 24 heavy (non-hydrogen) atoms. The average molecular weight is 439 g/mol. The number of carbonyl (C=O) groups is 2. The number of benzene rings is 1. The number of hydrogen-bond acceptors (Lipinski definition) is 4. The first kappa shape index (κ1) is 18.2. The molecule has 0 radical (unpaired) electrons. The lowest BCUT2D eigenvalue weighted by atomic mass is 10.1. The first-order valence-corrected chi connectivity index (χ1v) is 8.47. The van der Waals surface area contributed by atoms with Crippen LogP contribution in [-0.4, -0.2) is 23.6 Å². The molecule has 0 atom stereocenters. The lowest BCUT2D eigenvalue weighted by molar-refractivity contribution is 0.0525. The molecule has 7 heteroatoms. The topological polar surface area (TPSA) is 80.3 Å². The zero-order valence-electron chi connectivity index (χ0n) is 13.6. The van der Waals surface area contributed by atoms with E-state index < -0.39 is 12.0 Å². The van der Waals surface area contributed by atoms with Crippen molar-refractivity contribution < 1.29 is 14.3 Å². The highest BCUT2D eigenvalue weighted by Gasteiger charge is 2.15. The number of halogens is 1. The Morgan fingerprint density at radius 3 is 2.42 bits per heavy atom. The van der Waals surface area contributed by atoms with Crippen LogP contribution in [0.2, 0.25) is 0 Å². The van der Waals surface area contributed by atoms with Gasteiger partial charge in [-0.1, -0.05) is 0 Å². The monoisotopic (exact) mass is 439 g/mol. The first-order chi connectivity index (χ1) is 11.4. The number of amides is 2. The standard InChI is InChI=1S/C17H18IN3O3/c1-4-24-16(22)14-9-15(11(3)19-10(14)2)21-17(23)20-13-7-5-12(18)6-8-13/h5-9H,4H2,1-3H3,(H2,20,21,23). The minimum Gasteiger partial charge on any atom is -0.462 e. The van der Waals surface area contributed by atoms with Gasteiger partial charge in [0.2, 0.25) is 0 Å². The van der Waals surface area contributed by atoms with Gasteiger partial charge >= 0.3 is 12.0 Å². The van der Waals surface area contributed by atoms with Crippen LogP contribution in [-0.2, 0) is 4.74 Å². The normalized spacial score (nSPS) is 10.2. The number of rotatable bonds is 4. The molecule has 6 nitrogen and oxygen atoms in total. The van der Waals surface area contributed by atoms with E-state index in [4.69, 9.17) is 4.74 Å². The van der Waals surface area contributed by atoms with E-state index in [1.165, 1.54) is 0 Å². The molecular formula is C17H18IN3O3. The first-order valence-electron chi connectivity index (χ1n) is 7.39. The highest BCUT2D eigenvalue weighted by molar-refractivity contribution is 14.1. The summed E-state index contributed by atoms with van der Waals surface area (Å²) in [6, 6.07) is 8.60. The molecule has 0 saturated carbocycles. The maximum absolute atomic E-state index is 12.1. The Hall–Kier alpha value is -2.16. The Morgan fingerprint density at radius 1 is 1.12 bits per heavy atom. The molecular weight excluding hydrogens is 421 g/mol. The van der Waals surface area contributed by atoms with Gasteiger partial charge in [-0.2, -0.15) is 0 Å². The molecule has 1 aromatic carbocycles. The number of aryl methyl sites for hydroxylation is 2. The molecule has 126 valence electrons. The summed E-state index contributed by atoms with van der Waals surface area (Å²) in [6.45, 7) is 5.52. The lowest BCUT2D eigenvalue weighted by Crippen LogP contribution is -2.21. The van der Waals surface area contributed by atoms with E-state index in [9.17, 15) is 9.59 Å². The molecule has 0 spiro atoms. The van der Waals surface area contributed by atoms with Crippen LogP contribution in [0.25, 0.3) is 0 Å². The summed E-state index contributed by atoms with van der Waals surface area (Å²) >= 11 is 2.19. The second-order valence-corrected chi connectivity index (χ2v) is 6.31. The van der Waals surface area contributed by atoms with Crippen LogP contribution >= 0.6 is 22.6 Å². The fourth-order valence-corrected chi connectivity index (χ4v) is 2.44. The molecule has 1 heterocycles. The molecule has 0 bridgehead atoms. The molecule has 0 aliphatic carbocycles. The van der Waals surface area contributed by atoms with Crippen molar-refractivity contribution in [1.29, 1.82) is 0 Å². The van der Waals surface area contributed by atoms with Crippen molar-refractivity contribution in [3.05, 3.63) is 50.9 Å². The number of esters is 1. The van der Waals surface area contributed by atoms with Gasteiger partial charge in [0.15, 0.2) is 0 Å². The zero-order valence-corrected chi connectivity index (χ0v) is 15.8. The van der Waals surface area contributed by atoms with E-state index in [0.717, 1.165) is 3.57 Å². The predicted octanol–water partition coefficient (Wildman–Crippen LogP) is 4.12. The number of aromatic nitrogens is 1. The summed E-state index contributed by atoms with van der Waals surface area (Å²) in [5.74, 6) is -0.455. The molecule has 0 saturated heterocycles. The van der Waals surface area contributed by atoms with Crippen LogP contribution < -0.4 is 10.6 Å². The second-order valence-electron chi connectivity index (χ2n) is 5.06. The second kappa shape index (κ2) is 8.09. The van der Waals surface area contributed by atoms with Crippen molar-refractivity contribution in [2.75, 3.05) is 17.2 Å². The Balaban J connectivity index is 2.16. The number of ether oxygens (including phenoxy) is 1. The van der Waals surface area contributed by atoms with Crippen LogP contribution in [0.5, 0.6) is 0 Å². The van der Waals surface area contributed by atoms with E-state index in [0.29, 0.717) is 28.3 Å². The molecule has 0 unspecified atom stereocenters. The molecule has 0 fully saturated rings. The van der Waals surface area contributed by atoms with Gasteiger partial charge in [0, 0.05) is 9.26 Å². The minimum absolute atomic E-state index is 0.280. The van der Waals surface area contributed by atoms with Gasteiger partial charge in [-0.15, -0.1) is 0 Å². The molecule has 0 aliphatic heterocycles. The Morgan fingerprint density at radius 2 is 1.79 bits per heavy atom. The fraction of sp³-hybridized carbons (Fsp3) is 0.235. The van der Waals surface area contributed by atoms with Crippen molar-refractivity contribution in [2.45, 2.75) is 20.8 Å². The SMILES string of the molecule is CCOC(=O)c1cc(NC(=O)Nc2ccc(I)cc2)c(C)nc1C. The highest BCUT2D eigenvalue weighted by Crippen LogP contribution is 2.19. The third kappa shape index (κ3) is 4.67. The number of nitrogens with zero attached hydrogens (tertiary/aromatic N) is 1. The van der Waals surface area contributed by atoms with Crippen LogP contribution in [0.4, 0.5) is 16.2 Å². The van der Waals surface area contributed by atoms with E-state index in [-0.39, 0.29) is 6.61 Å². The van der Waals surface area contributed by atoms with Gasteiger partial charge in [-0.25, -0.2) is 9.59 Å². The van der Waals surface area contributed by atoms with Gasteiger partial charge in [0.25, 0.3) is 0 Å². The van der Waals surface area contributed by atoms with E-state index in [1.54, 1.807) is 26.8 Å². The van der Waals surface area contributed by atoms with Crippen molar-refractivity contribution in [2.24, 2.45) is 0 Å². The molecule has 2 rings (SSSR count). The maximum Gasteiger partial charge on any atom is 0.340 e. The van der Waals surface area contributed by atoms with Gasteiger partial charge in [-0.05, 0) is 73.7 Å². The third-order valence-corrected chi connectivity index (χ3v) is 3.97. The van der Waals surface area contributed by atoms with Crippen molar-refractivity contribution >= 4 is 46.0 Å². The van der Waals surface area contributed by atoms with Gasteiger partial charge in [0.05, 0.1) is 29.2 Å². The minimum atomic E-state index is -0.455. The summed E-state index contributed by atoms with van der Waals surface area (Å²) in [6.07, 6.45) is 0. The summed E-state index contributed by atoms with van der Waals surface area (Å²) in [5.41, 5.74) is 2.67. The molecule has 1 aromatic heterocycles. The third-order valence-electron chi connectivity index (χ3n) is 3.25. The predicted molar refractivity (Wildman–Crippen MR) is 101 cm³/mol. The fourth-order valence-electron chi connectivity index (χ4n) is 2.09. The van der Waals surface area contributed by atoms with Crippen molar-refractivity contribution in [3.63, 3.8) is 0 Å². The summed E-state index contributed by atoms with van der Waals surface area (Å²) in [5, 5.41) is 5.45. The highest BCUT2D eigenvalue weighted by atomic mass is 127. The number of pyridine rings is 1.